The lowest BCUT2D eigenvalue weighted by atomic mass is 10.1. The van der Waals surface area contributed by atoms with Crippen LogP contribution >= 0.6 is 11.3 Å². The third-order valence-corrected chi connectivity index (χ3v) is 6.94. The van der Waals surface area contributed by atoms with Crippen LogP contribution in [-0.4, -0.2) is 73.0 Å². The van der Waals surface area contributed by atoms with Crippen LogP contribution in [0.5, 0.6) is 5.75 Å². The predicted octanol–water partition coefficient (Wildman–Crippen LogP) is 1.83. The standard InChI is InChI=1S/C23H23FN6O3S/c1-27-6-8-28(9-7-27)18(31)14-29-10-11-30-22(33)20(32)19(26-23(29)30)21-25-13-17(34-21)12-15-2-4-16(24)5-3-15/h2-5,10-11,13,32H,6-9,12,14H2,1H3. The Morgan fingerprint density at radius 2 is 1.88 bits per heavy atom. The van der Waals surface area contributed by atoms with Crippen LogP contribution < -0.4 is 5.56 Å². The Bertz CT molecular complexity index is 1400. The Morgan fingerprint density at radius 1 is 1.15 bits per heavy atom. The van der Waals surface area contributed by atoms with Gasteiger partial charge in [0, 0.05) is 56.1 Å². The van der Waals surface area contributed by atoms with Gasteiger partial charge in [-0.05, 0) is 24.7 Å². The molecule has 9 nitrogen and oxygen atoms in total. The van der Waals surface area contributed by atoms with Crippen LogP contribution in [0.2, 0.25) is 0 Å². The minimum atomic E-state index is -0.624. The molecule has 5 rings (SSSR count). The van der Waals surface area contributed by atoms with E-state index in [0.717, 1.165) is 23.5 Å². The molecular formula is C23H23FN6O3S. The summed E-state index contributed by atoms with van der Waals surface area (Å²) in [6, 6.07) is 6.20. The molecule has 0 aliphatic carbocycles. The molecule has 0 radical (unpaired) electrons. The summed E-state index contributed by atoms with van der Waals surface area (Å²) in [5.74, 6) is -0.587. The minimum Gasteiger partial charge on any atom is -0.501 e. The van der Waals surface area contributed by atoms with E-state index < -0.39 is 11.3 Å². The number of likely N-dealkylation sites (N-methyl/N-ethyl adjacent to an activating group) is 1. The largest absolute Gasteiger partial charge is 0.501 e. The van der Waals surface area contributed by atoms with Crippen molar-refractivity contribution in [3.63, 3.8) is 0 Å². The molecule has 176 valence electrons. The number of hydrogen-bond donors (Lipinski definition) is 1. The van der Waals surface area contributed by atoms with Gasteiger partial charge in [0.05, 0.1) is 0 Å². The first-order chi connectivity index (χ1) is 16.4. The zero-order chi connectivity index (χ0) is 23.8. The molecule has 0 atom stereocenters. The number of hydrogen-bond acceptors (Lipinski definition) is 7. The molecule has 0 bridgehead atoms. The van der Waals surface area contributed by atoms with Crippen LogP contribution in [0.15, 0.2) is 47.7 Å². The highest BCUT2D eigenvalue weighted by Gasteiger charge is 2.22. The van der Waals surface area contributed by atoms with E-state index in [1.807, 2.05) is 7.05 Å². The van der Waals surface area contributed by atoms with Gasteiger partial charge in [-0.25, -0.2) is 18.8 Å². The molecule has 1 amide bonds. The lowest BCUT2D eigenvalue weighted by Crippen LogP contribution is -2.48. The van der Waals surface area contributed by atoms with Gasteiger partial charge in [-0.2, -0.15) is 0 Å². The highest BCUT2D eigenvalue weighted by molar-refractivity contribution is 7.15. The van der Waals surface area contributed by atoms with E-state index in [2.05, 4.69) is 14.9 Å². The van der Waals surface area contributed by atoms with Gasteiger partial charge in [0.15, 0.2) is 5.69 Å². The lowest BCUT2D eigenvalue weighted by molar-refractivity contribution is -0.133. The monoisotopic (exact) mass is 482 g/mol. The number of piperazine rings is 1. The van der Waals surface area contributed by atoms with E-state index in [1.165, 1.54) is 34.1 Å². The van der Waals surface area contributed by atoms with Crippen molar-refractivity contribution in [1.29, 1.82) is 0 Å². The maximum atomic E-state index is 13.2. The number of benzene rings is 1. The fourth-order valence-corrected chi connectivity index (χ4v) is 4.88. The molecule has 11 heteroatoms. The molecule has 3 aromatic heterocycles. The number of carbonyl (C=O) groups is 1. The number of aromatic hydroxyl groups is 1. The fraction of sp³-hybridized carbons (Fsp3) is 0.304. The van der Waals surface area contributed by atoms with Crippen molar-refractivity contribution in [2.45, 2.75) is 13.0 Å². The molecule has 0 spiro atoms. The third-order valence-electron chi connectivity index (χ3n) is 5.93. The van der Waals surface area contributed by atoms with Crippen LogP contribution in [0.4, 0.5) is 4.39 Å². The normalized spacial score (nSPS) is 14.7. The van der Waals surface area contributed by atoms with Crippen LogP contribution in [0.1, 0.15) is 10.4 Å². The Balaban J connectivity index is 1.43. The van der Waals surface area contributed by atoms with Crippen molar-refractivity contribution in [2.75, 3.05) is 33.2 Å². The summed E-state index contributed by atoms with van der Waals surface area (Å²) in [5, 5.41) is 10.9. The third kappa shape index (κ3) is 4.31. The quantitative estimate of drug-likeness (QED) is 0.466. The van der Waals surface area contributed by atoms with Crippen molar-refractivity contribution in [1.82, 2.24) is 28.7 Å². The Labute approximate surface area is 198 Å². The summed E-state index contributed by atoms with van der Waals surface area (Å²) >= 11 is 1.30. The average molecular weight is 483 g/mol. The van der Waals surface area contributed by atoms with Crippen LogP contribution in [0.3, 0.4) is 0 Å². The zero-order valence-corrected chi connectivity index (χ0v) is 19.3. The molecule has 34 heavy (non-hydrogen) atoms. The van der Waals surface area contributed by atoms with Gasteiger partial charge in [0.1, 0.15) is 17.4 Å². The second-order valence-electron chi connectivity index (χ2n) is 8.33. The molecule has 0 unspecified atom stereocenters. The van der Waals surface area contributed by atoms with E-state index in [4.69, 9.17) is 0 Å². The number of rotatable bonds is 5. The van der Waals surface area contributed by atoms with E-state index in [1.54, 1.807) is 34.0 Å². The van der Waals surface area contributed by atoms with Crippen molar-refractivity contribution >= 4 is 23.0 Å². The molecular weight excluding hydrogens is 459 g/mol. The lowest BCUT2D eigenvalue weighted by Gasteiger charge is -2.32. The SMILES string of the molecule is CN1CCN(C(=O)Cn2ccn3c(=O)c(O)c(-c4ncc(Cc5ccc(F)cc5)s4)nc23)CC1. The maximum Gasteiger partial charge on any atom is 0.302 e. The van der Waals surface area contributed by atoms with Gasteiger partial charge in [0.25, 0.3) is 0 Å². The number of thiazole rings is 1. The van der Waals surface area contributed by atoms with Gasteiger partial charge >= 0.3 is 5.56 Å². The second-order valence-corrected chi connectivity index (χ2v) is 9.44. The number of nitrogens with zero attached hydrogens (tertiary/aromatic N) is 6. The summed E-state index contributed by atoms with van der Waals surface area (Å²) in [6.45, 7) is 2.99. The van der Waals surface area contributed by atoms with Gasteiger partial charge < -0.3 is 19.5 Å². The Kier molecular flexibility index (Phi) is 5.88. The molecule has 1 N–H and O–H groups in total. The van der Waals surface area contributed by atoms with E-state index in [0.29, 0.717) is 24.5 Å². The molecule has 1 saturated heterocycles. The van der Waals surface area contributed by atoms with E-state index in [9.17, 15) is 19.1 Å². The number of fused-ring (bicyclic) bond motifs is 1. The van der Waals surface area contributed by atoms with Crippen molar-refractivity contribution < 1.29 is 14.3 Å². The summed E-state index contributed by atoms with van der Waals surface area (Å²) in [7, 11) is 2.02. The summed E-state index contributed by atoms with van der Waals surface area (Å²) in [5.41, 5.74) is 0.369. The number of halogens is 1. The van der Waals surface area contributed by atoms with Crippen LogP contribution in [0.25, 0.3) is 16.5 Å². The Hall–Kier alpha value is -3.57. The molecule has 1 aliphatic rings. The molecule has 0 saturated carbocycles. The number of amides is 1. The van der Waals surface area contributed by atoms with Crippen LogP contribution in [0, 0.1) is 5.82 Å². The molecule has 4 heterocycles. The second kappa shape index (κ2) is 8.99. The van der Waals surface area contributed by atoms with Crippen LogP contribution in [-0.2, 0) is 17.8 Å². The topological polar surface area (TPSA) is 96.0 Å². The molecule has 1 aliphatic heterocycles. The zero-order valence-electron chi connectivity index (χ0n) is 18.5. The minimum absolute atomic E-state index is 0.0462. The van der Waals surface area contributed by atoms with Crippen molar-refractivity contribution in [3.8, 4) is 16.5 Å². The van der Waals surface area contributed by atoms with Crippen molar-refractivity contribution in [3.05, 3.63) is 69.5 Å². The van der Waals surface area contributed by atoms with Gasteiger partial charge in [-0.1, -0.05) is 12.1 Å². The van der Waals surface area contributed by atoms with Crippen molar-refractivity contribution in [2.24, 2.45) is 0 Å². The number of carbonyl (C=O) groups excluding carboxylic acids is 1. The molecule has 4 aromatic rings. The average Bonchev–Trinajstić information content (AvgIpc) is 3.45. The predicted molar refractivity (Wildman–Crippen MR) is 126 cm³/mol. The highest BCUT2D eigenvalue weighted by Crippen LogP contribution is 2.30. The fourth-order valence-electron chi connectivity index (χ4n) is 3.94. The van der Waals surface area contributed by atoms with Gasteiger partial charge in [-0.3, -0.25) is 9.59 Å². The summed E-state index contributed by atoms with van der Waals surface area (Å²) < 4.78 is 16.0. The van der Waals surface area contributed by atoms with E-state index >= 15 is 0 Å². The molecule has 1 fully saturated rings. The smallest absolute Gasteiger partial charge is 0.302 e. The van der Waals surface area contributed by atoms with Gasteiger partial charge in [0.2, 0.25) is 17.4 Å². The summed E-state index contributed by atoms with van der Waals surface area (Å²) in [4.78, 5) is 39.3. The van der Waals surface area contributed by atoms with E-state index in [-0.39, 0.29) is 29.7 Å². The first-order valence-corrected chi connectivity index (χ1v) is 11.7. The van der Waals surface area contributed by atoms with Gasteiger partial charge in [-0.15, -0.1) is 11.3 Å². The first-order valence-electron chi connectivity index (χ1n) is 10.9. The number of aromatic nitrogens is 4. The highest BCUT2D eigenvalue weighted by atomic mass is 32.1. The first kappa shape index (κ1) is 22.2. The molecule has 1 aromatic carbocycles. The number of imidazole rings is 1. The summed E-state index contributed by atoms with van der Waals surface area (Å²) in [6.07, 6.45) is 5.30. The Morgan fingerprint density at radius 3 is 2.62 bits per heavy atom. The maximum absolute atomic E-state index is 13.2.